The summed E-state index contributed by atoms with van der Waals surface area (Å²) in [5.74, 6) is 2.00. The van der Waals surface area contributed by atoms with Gasteiger partial charge in [0, 0.05) is 31.1 Å². The van der Waals surface area contributed by atoms with Crippen molar-refractivity contribution in [3.63, 3.8) is 0 Å². The standard InChI is InChI=1S/C16H24N2O3/c1-3-21-14-6-4-5-13(15(14)20-2)11-17-9-10-18-16(19)12-7-8-12/h4-6,12,17H,3,7-11H2,1-2H3,(H,18,19). The van der Waals surface area contributed by atoms with Crippen LogP contribution in [0.15, 0.2) is 18.2 Å². The summed E-state index contributed by atoms with van der Waals surface area (Å²) in [4.78, 5) is 11.5. The molecule has 5 heteroatoms. The molecule has 21 heavy (non-hydrogen) atoms. The Morgan fingerprint density at radius 1 is 1.33 bits per heavy atom. The first-order valence-corrected chi connectivity index (χ1v) is 7.53. The van der Waals surface area contributed by atoms with E-state index in [4.69, 9.17) is 9.47 Å². The van der Waals surface area contributed by atoms with Crippen LogP contribution in [0, 0.1) is 5.92 Å². The summed E-state index contributed by atoms with van der Waals surface area (Å²) in [6.45, 7) is 4.64. The van der Waals surface area contributed by atoms with Crippen LogP contribution in [-0.4, -0.2) is 32.7 Å². The second-order valence-electron chi connectivity index (χ2n) is 5.12. The zero-order valence-corrected chi connectivity index (χ0v) is 12.8. The van der Waals surface area contributed by atoms with Gasteiger partial charge < -0.3 is 20.1 Å². The molecule has 0 saturated heterocycles. The molecule has 0 spiro atoms. The van der Waals surface area contributed by atoms with E-state index in [0.29, 0.717) is 19.7 Å². The fourth-order valence-electron chi connectivity index (χ4n) is 2.19. The molecule has 116 valence electrons. The largest absolute Gasteiger partial charge is 0.493 e. The van der Waals surface area contributed by atoms with E-state index >= 15 is 0 Å². The van der Waals surface area contributed by atoms with Gasteiger partial charge in [0.2, 0.25) is 5.91 Å². The first-order chi connectivity index (χ1) is 10.3. The maximum absolute atomic E-state index is 11.5. The predicted octanol–water partition coefficient (Wildman–Crippen LogP) is 1.71. The molecular weight excluding hydrogens is 268 g/mol. The maximum Gasteiger partial charge on any atom is 0.223 e. The van der Waals surface area contributed by atoms with Gasteiger partial charge in [0.05, 0.1) is 13.7 Å². The Kier molecular flexibility index (Phi) is 5.87. The zero-order chi connectivity index (χ0) is 15.1. The summed E-state index contributed by atoms with van der Waals surface area (Å²) < 4.78 is 11.0. The molecule has 1 amide bonds. The molecule has 0 unspecified atom stereocenters. The second-order valence-corrected chi connectivity index (χ2v) is 5.12. The molecule has 1 saturated carbocycles. The number of nitrogens with one attached hydrogen (secondary N) is 2. The molecule has 1 aromatic rings. The van der Waals surface area contributed by atoms with Crippen LogP contribution in [0.5, 0.6) is 11.5 Å². The van der Waals surface area contributed by atoms with Crippen molar-refractivity contribution in [3.8, 4) is 11.5 Å². The molecule has 1 aromatic carbocycles. The van der Waals surface area contributed by atoms with Gasteiger partial charge in [0.25, 0.3) is 0 Å². The Balaban J connectivity index is 1.76. The van der Waals surface area contributed by atoms with E-state index in [0.717, 1.165) is 36.4 Å². The quantitative estimate of drug-likeness (QED) is 0.680. The molecule has 1 fully saturated rings. The van der Waals surface area contributed by atoms with Gasteiger partial charge >= 0.3 is 0 Å². The molecule has 2 rings (SSSR count). The fraction of sp³-hybridized carbons (Fsp3) is 0.562. The van der Waals surface area contributed by atoms with Gasteiger partial charge in [-0.15, -0.1) is 0 Å². The number of methoxy groups -OCH3 is 1. The van der Waals surface area contributed by atoms with E-state index in [1.54, 1.807) is 7.11 Å². The van der Waals surface area contributed by atoms with E-state index in [1.165, 1.54) is 0 Å². The fourth-order valence-corrected chi connectivity index (χ4v) is 2.19. The van der Waals surface area contributed by atoms with E-state index in [1.807, 2.05) is 25.1 Å². The van der Waals surface area contributed by atoms with Crippen LogP contribution in [0.25, 0.3) is 0 Å². The lowest BCUT2D eigenvalue weighted by Gasteiger charge is -2.14. The van der Waals surface area contributed by atoms with Crippen LogP contribution in [0.1, 0.15) is 25.3 Å². The van der Waals surface area contributed by atoms with Crippen LogP contribution in [0.3, 0.4) is 0 Å². The van der Waals surface area contributed by atoms with E-state index < -0.39 is 0 Å². The molecule has 1 aliphatic carbocycles. The third kappa shape index (κ3) is 4.63. The Labute approximate surface area is 126 Å². The van der Waals surface area contributed by atoms with Gasteiger partial charge in [-0.3, -0.25) is 4.79 Å². The number of hydrogen-bond donors (Lipinski definition) is 2. The normalized spacial score (nSPS) is 13.8. The van der Waals surface area contributed by atoms with Gasteiger partial charge in [-0.2, -0.15) is 0 Å². The van der Waals surface area contributed by atoms with Crippen LogP contribution >= 0.6 is 0 Å². The van der Waals surface area contributed by atoms with Crippen molar-refractivity contribution >= 4 is 5.91 Å². The Morgan fingerprint density at radius 3 is 2.81 bits per heavy atom. The highest BCUT2D eigenvalue weighted by molar-refractivity contribution is 5.80. The van der Waals surface area contributed by atoms with Crippen LogP contribution in [0.2, 0.25) is 0 Å². The summed E-state index contributed by atoms with van der Waals surface area (Å²) in [7, 11) is 1.65. The van der Waals surface area contributed by atoms with Gasteiger partial charge in [-0.25, -0.2) is 0 Å². The molecule has 1 aliphatic rings. The molecule has 0 aliphatic heterocycles. The van der Waals surface area contributed by atoms with E-state index in [-0.39, 0.29) is 11.8 Å². The summed E-state index contributed by atoms with van der Waals surface area (Å²) >= 11 is 0. The first kappa shape index (κ1) is 15.6. The highest BCUT2D eigenvalue weighted by atomic mass is 16.5. The predicted molar refractivity (Wildman–Crippen MR) is 81.6 cm³/mol. The third-order valence-corrected chi connectivity index (χ3v) is 3.43. The Hall–Kier alpha value is -1.75. The van der Waals surface area contributed by atoms with Crippen molar-refractivity contribution in [1.29, 1.82) is 0 Å². The van der Waals surface area contributed by atoms with Crippen LogP contribution < -0.4 is 20.1 Å². The van der Waals surface area contributed by atoms with Crippen LogP contribution in [0.4, 0.5) is 0 Å². The van der Waals surface area contributed by atoms with Crippen LogP contribution in [-0.2, 0) is 11.3 Å². The first-order valence-electron chi connectivity index (χ1n) is 7.53. The van der Waals surface area contributed by atoms with Crippen molar-refractivity contribution in [1.82, 2.24) is 10.6 Å². The van der Waals surface area contributed by atoms with Gasteiger partial charge in [-0.05, 0) is 25.8 Å². The summed E-state index contributed by atoms with van der Waals surface area (Å²) in [6, 6.07) is 5.87. The molecule has 0 heterocycles. The number of carbonyl (C=O) groups is 1. The zero-order valence-electron chi connectivity index (χ0n) is 12.8. The minimum absolute atomic E-state index is 0.188. The lowest BCUT2D eigenvalue weighted by atomic mass is 10.2. The summed E-state index contributed by atoms with van der Waals surface area (Å²) in [6.07, 6.45) is 2.08. The SMILES string of the molecule is CCOc1cccc(CNCCNC(=O)C2CC2)c1OC. The van der Waals surface area contributed by atoms with Gasteiger partial charge in [0.15, 0.2) is 11.5 Å². The minimum Gasteiger partial charge on any atom is -0.493 e. The number of benzene rings is 1. The van der Waals surface area contributed by atoms with Crippen molar-refractivity contribution in [2.75, 3.05) is 26.8 Å². The van der Waals surface area contributed by atoms with E-state index in [2.05, 4.69) is 10.6 Å². The number of ether oxygens (including phenoxy) is 2. The summed E-state index contributed by atoms with van der Waals surface area (Å²) in [5.41, 5.74) is 1.05. The molecule has 0 radical (unpaired) electrons. The Morgan fingerprint density at radius 2 is 2.14 bits per heavy atom. The minimum atomic E-state index is 0.188. The summed E-state index contributed by atoms with van der Waals surface area (Å²) in [5, 5.41) is 6.24. The number of para-hydroxylation sites is 1. The number of hydrogen-bond acceptors (Lipinski definition) is 4. The molecular formula is C16H24N2O3. The smallest absolute Gasteiger partial charge is 0.223 e. The lowest BCUT2D eigenvalue weighted by molar-refractivity contribution is -0.122. The highest BCUT2D eigenvalue weighted by Crippen LogP contribution is 2.31. The van der Waals surface area contributed by atoms with Gasteiger partial charge in [0.1, 0.15) is 0 Å². The average Bonchev–Trinajstić information content (AvgIpc) is 3.32. The third-order valence-electron chi connectivity index (χ3n) is 3.43. The highest BCUT2D eigenvalue weighted by Gasteiger charge is 2.28. The van der Waals surface area contributed by atoms with Crippen molar-refractivity contribution in [2.45, 2.75) is 26.3 Å². The monoisotopic (exact) mass is 292 g/mol. The molecule has 0 atom stereocenters. The molecule has 5 nitrogen and oxygen atoms in total. The lowest BCUT2D eigenvalue weighted by Crippen LogP contribution is -2.32. The maximum atomic E-state index is 11.5. The average molecular weight is 292 g/mol. The molecule has 0 bridgehead atoms. The molecule has 0 aromatic heterocycles. The number of amides is 1. The Bertz CT molecular complexity index is 473. The van der Waals surface area contributed by atoms with Crippen molar-refractivity contribution in [3.05, 3.63) is 23.8 Å². The number of carbonyl (C=O) groups excluding carboxylic acids is 1. The van der Waals surface area contributed by atoms with E-state index in [9.17, 15) is 4.79 Å². The van der Waals surface area contributed by atoms with Gasteiger partial charge in [-0.1, -0.05) is 12.1 Å². The van der Waals surface area contributed by atoms with Crippen molar-refractivity contribution < 1.29 is 14.3 Å². The molecule has 2 N–H and O–H groups in total. The number of rotatable bonds is 9. The van der Waals surface area contributed by atoms with Crippen molar-refractivity contribution in [2.24, 2.45) is 5.92 Å². The topological polar surface area (TPSA) is 59.6 Å². The second kappa shape index (κ2) is 7.88.